The van der Waals surface area contributed by atoms with Gasteiger partial charge in [0.25, 0.3) is 5.91 Å². The second-order valence-corrected chi connectivity index (χ2v) is 6.91. The third-order valence-corrected chi connectivity index (χ3v) is 4.56. The summed E-state index contributed by atoms with van der Waals surface area (Å²) in [5.41, 5.74) is 1.81. The van der Waals surface area contributed by atoms with E-state index in [1.807, 2.05) is 6.07 Å². The standard InChI is InChI=1S/C20H16N2O5S/c1-12(23)21-20-22-18(24)17(28-20)10-14-3-2-4-16(9-14)27-11-13-5-7-15(8-6-13)19(25)26/h2-10H,11H2,1H3,(H,25,26)(H,21,22,23,24)/b17-10-. The lowest BCUT2D eigenvalue weighted by molar-refractivity contribution is -0.117. The molecule has 0 radical (unpaired) electrons. The highest BCUT2D eigenvalue weighted by atomic mass is 32.2. The van der Waals surface area contributed by atoms with E-state index >= 15 is 0 Å². The number of amides is 2. The molecule has 3 rings (SSSR count). The van der Waals surface area contributed by atoms with Crippen molar-refractivity contribution >= 4 is 40.8 Å². The predicted octanol–water partition coefficient (Wildman–Crippen LogP) is 3.07. The highest BCUT2D eigenvalue weighted by molar-refractivity contribution is 8.18. The summed E-state index contributed by atoms with van der Waals surface area (Å²) in [5, 5.41) is 11.7. The number of hydrogen-bond donors (Lipinski definition) is 2. The van der Waals surface area contributed by atoms with Crippen LogP contribution in [0.1, 0.15) is 28.4 Å². The number of nitrogens with one attached hydrogen (secondary N) is 1. The third kappa shape index (κ3) is 5.08. The zero-order valence-corrected chi connectivity index (χ0v) is 15.7. The highest BCUT2D eigenvalue weighted by Gasteiger charge is 2.22. The molecule has 0 saturated heterocycles. The molecule has 7 nitrogen and oxygen atoms in total. The number of amidine groups is 1. The first-order valence-corrected chi connectivity index (χ1v) is 9.07. The maximum atomic E-state index is 11.9. The number of hydrogen-bond acceptors (Lipinski definition) is 5. The Morgan fingerprint density at radius 2 is 1.96 bits per heavy atom. The van der Waals surface area contributed by atoms with Crippen LogP contribution in [0, 0.1) is 0 Å². The number of ether oxygens (including phenoxy) is 1. The molecule has 0 saturated carbocycles. The first-order valence-electron chi connectivity index (χ1n) is 8.26. The van der Waals surface area contributed by atoms with Crippen LogP contribution < -0.4 is 10.1 Å². The zero-order valence-electron chi connectivity index (χ0n) is 14.8. The van der Waals surface area contributed by atoms with Gasteiger partial charge in [0.1, 0.15) is 12.4 Å². The molecule has 0 unspecified atom stereocenters. The Morgan fingerprint density at radius 1 is 1.21 bits per heavy atom. The quantitative estimate of drug-likeness (QED) is 0.753. The van der Waals surface area contributed by atoms with E-state index in [4.69, 9.17) is 9.84 Å². The van der Waals surface area contributed by atoms with Crippen LogP contribution in [0.2, 0.25) is 0 Å². The number of aromatic carboxylic acids is 1. The van der Waals surface area contributed by atoms with Gasteiger partial charge in [-0.2, -0.15) is 4.99 Å². The number of aliphatic imine (C=N–C) groups is 1. The third-order valence-electron chi connectivity index (χ3n) is 3.67. The van der Waals surface area contributed by atoms with Gasteiger partial charge in [-0.15, -0.1) is 0 Å². The summed E-state index contributed by atoms with van der Waals surface area (Å²) in [6, 6.07) is 13.6. The summed E-state index contributed by atoms with van der Waals surface area (Å²) in [5.74, 6) is -1.06. The van der Waals surface area contributed by atoms with Gasteiger partial charge < -0.3 is 15.2 Å². The maximum absolute atomic E-state index is 11.9. The van der Waals surface area contributed by atoms with Crippen molar-refractivity contribution in [1.29, 1.82) is 0 Å². The minimum Gasteiger partial charge on any atom is -0.489 e. The molecule has 28 heavy (non-hydrogen) atoms. The Bertz CT molecular complexity index is 996. The van der Waals surface area contributed by atoms with Crippen LogP contribution in [0.5, 0.6) is 5.75 Å². The minimum absolute atomic E-state index is 0.219. The number of carbonyl (C=O) groups is 3. The normalized spacial score (nSPS) is 14.7. The molecule has 0 aromatic heterocycles. The number of carboxylic acid groups (broad SMARTS) is 1. The molecule has 2 aromatic rings. The Hall–Kier alpha value is -3.39. The van der Waals surface area contributed by atoms with E-state index in [0.29, 0.717) is 10.7 Å². The van der Waals surface area contributed by atoms with E-state index < -0.39 is 11.9 Å². The fourth-order valence-electron chi connectivity index (χ4n) is 2.37. The Balaban J connectivity index is 1.65. The SMILES string of the molecule is CC(=O)NC1=NC(=O)/C(=C/c2cccc(OCc3ccc(C(=O)O)cc3)c2)S1. The molecular weight excluding hydrogens is 380 g/mol. The predicted molar refractivity (Wildman–Crippen MR) is 106 cm³/mol. The van der Waals surface area contributed by atoms with E-state index in [1.165, 1.54) is 19.1 Å². The van der Waals surface area contributed by atoms with Crippen molar-refractivity contribution in [2.45, 2.75) is 13.5 Å². The lowest BCUT2D eigenvalue weighted by atomic mass is 10.1. The molecule has 0 bridgehead atoms. The van der Waals surface area contributed by atoms with Crippen LogP contribution in [-0.2, 0) is 16.2 Å². The molecule has 0 atom stereocenters. The first kappa shape index (κ1) is 19.4. The van der Waals surface area contributed by atoms with Crippen molar-refractivity contribution < 1.29 is 24.2 Å². The van der Waals surface area contributed by atoms with E-state index in [0.717, 1.165) is 22.9 Å². The molecule has 2 amide bonds. The van der Waals surface area contributed by atoms with Gasteiger partial charge in [-0.25, -0.2) is 4.79 Å². The number of rotatable bonds is 5. The van der Waals surface area contributed by atoms with Gasteiger partial charge in [-0.05, 0) is 53.2 Å². The van der Waals surface area contributed by atoms with Crippen LogP contribution in [0.3, 0.4) is 0 Å². The lowest BCUT2D eigenvalue weighted by Gasteiger charge is -2.07. The average Bonchev–Trinajstić information content (AvgIpc) is 2.98. The minimum atomic E-state index is -0.974. The summed E-state index contributed by atoms with van der Waals surface area (Å²) >= 11 is 1.10. The van der Waals surface area contributed by atoms with Gasteiger partial charge in [0.2, 0.25) is 5.91 Å². The molecule has 1 aliphatic heterocycles. The molecule has 8 heteroatoms. The van der Waals surface area contributed by atoms with Crippen molar-refractivity contribution in [1.82, 2.24) is 5.32 Å². The fourth-order valence-corrected chi connectivity index (χ4v) is 3.23. The largest absolute Gasteiger partial charge is 0.489 e. The van der Waals surface area contributed by atoms with Gasteiger partial charge in [-0.1, -0.05) is 24.3 Å². The van der Waals surface area contributed by atoms with Crippen molar-refractivity contribution in [2.24, 2.45) is 4.99 Å². The van der Waals surface area contributed by atoms with Gasteiger partial charge >= 0.3 is 5.97 Å². The van der Waals surface area contributed by atoms with Gasteiger partial charge in [0.05, 0.1) is 10.5 Å². The van der Waals surface area contributed by atoms with Gasteiger partial charge in [-0.3, -0.25) is 9.59 Å². The van der Waals surface area contributed by atoms with Crippen LogP contribution in [0.25, 0.3) is 6.08 Å². The summed E-state index contributed by atoms with van der Waals surface area (Å²) in [6.45, 7) is 1.63. The molecule has 142 valence electrons. The Labute approximate surface area is 165 Å². The smallest absolute Gasteiger partial charge is 0.335 e. The molecular formula is C20H16N2O5S. The van der Waals surface area contributed by atoms with Crippen molar-refractivity contribution in [3.8, 4) is 5.75 Å². The molecule has 1 heterocycles. The topological polar surface area (TPSA) is 105 Å². The van der Waals surface area contributed by atoms with Crippen LogP contribution in [0.4, 0.5) is 0 Å². The summed E-state index contributed by atoms with van der Waals surface area (Å²) in [7, 11) is 0. The first-order chi connectivity index (χ1) is 13.4. The molecule has 1 aliphatic rings. The number of thioether (sulfide) groups is 1. The average molecular weight is 396 g/mol. The lowest BCUT2D eigenvalue weighted by Crippen LogP contribution is -2.23. The fraction of sp³-hybridized carbons (Fsp3) is 0.100. The van der Waals surface area contributed by atoms with E-state index in [-0.39, 0.29) is 23.2 Å². The van der Waals surface area contributed by atoms with Gasteiger partial charge in [0, 0.05) is 6.92 Å². The number of carboxylic acids is 1. The second-order valence-electron chi connectivity index (χ2n) is 5.88. The molecule has 0 fully saturated rings. The van der Waals surface area contributed by atoms with Crippen molar-refractivity contribution in [3.63, 3.8) is 0 Å². The van der Waals surface area contributed by atoms with Crippen LogP contribution in [0.15, 0.2) is 58.4 Å². The van der Waals surface area contributed by atoms with E-state index in [1.54, 1.807) is 36.4 Å². The summed E-state index contributed by atoms with van der Waals surface area (Å²) < 4.78 is 5.74. The number of nitrogens with zero attached hydrogens (tertiary/aromatic N) is 1. The summed E-state index contributed by atoms with van der Waals surface area (Å²) in [6.07, 6.45) is 1.68. The number of carbonyl (C=O) groups excluding carboxylic acids is 2. The Kier molecular flexibility index (Phi) is 5.90. The molecule has 0 aliphatic carbocycles. The molecule has 2 aromatic carbocycles. The summed E-state index contributed by atoms with van der Waals surface area (Å²) in [4.78, 5) is 38.1. The Morgan fingerprint density at radius 3 is 2.64 bits per heavy atom. The van der Waals surface area contributed by atoms with E-state index in [2.05, 4.69) is 10.3 Å². The maximum Gasteiger partial charge on any atom is 0.335 e. The highest BCUT2D eigenvalue weighted by Crippen LogP contribution is 2.28. The van der Waals surface area contributed by atoms with Crippen molar-refractivity contribution in [2.75, 3.05) is 0 Å². The second kappa shape index (κ2) is 8.53. The molecule has 2 N–H and O–H groups in total. The van der Waals surface area contributed by atoms with Gasteiger partial charge in [0.15, 0.2) is 5.17 Å². The molecule has 0 spiro atoms. The van der Waals surface area contributed by atoms with E-state index in [9.17, 15) is 14.4 Å². The zero-order chi connectivity index (χ0) is 20.1. The number of benzene rings is 2. The van der Waals surface area contributed by atoms with Crippen LogP contribution in [-0.4, -0.2) is 28.1 Å². The monoisotopic (exact) mass is 396 g/mol. The van der Waals surface area contributed by atoms with Crippen LogP contribution >= 0.6 is 11.8 Å². The van der Waals surface area contributed by atoms with Crippen molar-refractivity contribution in [3.05, 3.63) is 70.1 Å².